The van der Waals surface area contributed by atoms with Crippen molar-refractivity contribution in [2.45, 2.75) is 38.4 Å². The topological polar surface area (TPSA) is 12.9 Å². The summed E-state index contributed by atoms with van der Waals surface area (Å²) >= 11 is 9.31. The lowest BCUT2D eigenvalue weighted by Crippen LogP contribution is -2.11. The van der Waals surface area contributed by atoms with Gasteiger partial charge in [0.25, 0.3) is 0 Å². The lowest BCUT2D eigenvalue weighted by atomic mass is 9.93. The molecule has 0 aromatic carbocycles. The highest BCUT2D eigenvalue weighted by Gasteiger charge is 2.17. The molecule has 0 unspecified atom stereocenters. The van der Waals surface area contributed by atoms with Crippen LogP contribution in [0.3, 0.4) is 0 Å². The highest BCUT2D eigenvalue weighted by Crippen LogP contribution is 2.25. The minimum absolute atomic E-state index is 0.176. The fourth-order valence-electron chi connectivity index (χ4n) is 1.04. The zero-order valence-corrected chi connectivity index (χ0v) is 11.9. The van der Waals surface area contributed by atoms with E-state index in [2.05, 4.69) is 31.1 Å². The molecular weight excluding hydrogens is 246 g/mol. The average Bonchev–Trinajstić information content (AvgIpc) is 2.60. The van der Waals surface area contributed by atoms with Crippen LogP contribution in [0.2, 0.25) is 0 Å². The third-order valence-corrected chi connectivity index (χ3v) is 4.32. The normalized spacial score (nSPS) is 12.0. The van der Waals surface area contributed by atoms with Gasteiger partial charge in [-0.25, -0.2) is 4.98 Å². The van der Waals surface area contributed by atoms with E-state index in [9.17, 15) is 0 Å². The van der Waals surface area contributed by atoms with Gasteiger partial charge in [-0.3, -0.25) is 0 Å². The van der Waals surface area contributed by atoms with Gasteiger partial charge in [0.15, 0.2) is 0 Å². The van der Waals surface area contributed by atoms with Crippen LogP contribution in [0.15, 0.2) is 5.38 Å². The minimum Gasteiger partial charge on any atom is -0.245 e. The van der Waals surface area contributed by atoms with Gasteiger partial charge < -0.3 is 0 Å². The Morgan fingerprint density at radius 3 is 2.73 bits per heavy atom. The van der Waals surface area contributed by atoms with Crippen LogP contribution >= 0.6 is 34.7 Å². The standard InChI is InChI=1S/C11H18ClNS2/c1-11(2,3)9-7-15-10(13-9)8-14-6-4-5-12/h7H,4-6,8H2,1-3H3. The van der Waals surface area contributed by atoms with Gasteiger partial charge in [-0.2, -0.15) is 11.8 Å². The average molecular weight is 264 g/mol. The van der Waals surface area contributed by atoms with Crippen LogP contribution in [-0.4, -0.2) is 16.6 Å². The van der Waals surface area contributed by atoms with Crippen LogP contribution < -0.4 is 0 Å². The third-order valence-electron chi connectivity index (χ3n) is 1.97. The largest absolute Gasteiger partial charge is 0.245 e. The second-order valence-electron chi connectivity index (χ2n) is 4.47. The van der Waals surface area contributed by atoms with Gasteiger partial charge in [-0.05, 0) is 12.2 Å². The van der Waals surface area contributed by atoms with Crippen LogP contribution in [0.25, 0.3) is 0 Å². The number of aromatic nitrogens is 1. The second kappa shape index (κ2) is 6.12. The van der Waals surface area contributed by atoms with Crippen molar-refractivity contribution in [2.75, 3.05) is 11.6 Å². The van der Waals surface area contributed by atoms with Crippen LogP contribution in [0.5, 0.6) is 0 Å². The summed E-state index contributed by atoms with van der Waals surface area (Å²) in [7, 11) is 0. The van der Waals surface area contributed by atoms with Crippen LogP contribution in [0.4, 0.5) is 0 Å². The Labute approximate surface area is 106 Å². The molecule has 86 valence electrons. The fraction of sp³-hybridized carbons (Fsp3) is 0.727. The number of nitrogens with zero attached hydrogens (tertiary/aromatic N) is 1. The molecule has 0 radical (unpaired) electrons. The Morgan fingerprint density at radius 2 is 2.20 bits per heavy atom. The first kappa shape index (κ1) is 13.3. The molecule has 15 heavy (non-hydrogen) atoms. The lowest BCUT2D eigenvalue weighted by Gasteiger charge is -2.14. The van der Waals surface area contributed by atoms with E-state index in [1.807, 2.05) is 11.8 Å². The molecule has 0 spiro atoms. The summed E-state index contributed by atoms with van der Waals surface area (Å²) in [6.07, 6.45) is 1.09. The molecule has 0 aliphatic carbocycles. The summed E-state index contributed by atoms with van der Waals surface area (Å²) in [6.45, 7) is 6.60. The van der Waals surface area contributed by atoms with E-state index in [1.54, 1.807) is 11.3 Å². The summed E-state index contributed by atoms with van der Waals surface area (Å²) in [6, 6.07) is 0. The van der Waals surface area contributed by atoms with Gasteiger partial charge in [0.1, 0.15) is 5.01 Å². The van der Waals surface area contributed by atoms with Gasteiger partial charge in [0, 0.05) is 22.4 Å². The molecule has 0 aliphatic heterocycles. The van der Waals surface area contributed by atoms with E-state index in [0.717, 1.165) is 23.8 Å². The summed E-state index contributed by atoms with van der Waals surface area (Å²) in [5.41, 5.74) is 1.38. The van der Waals surface area contributed by atoms with Crippen molar-refractivity contribution < 1.29 is 0 Å². The number of halogens is 1. The maximum atomic E-state index is 5.62. The van der Waals surface area contributed by atoms with E-state index in [1.165, 1.54) is 10.7 Å². The molecule has 0 bridgehead atoms. The predicted molar refractivity (Wildman–Crippen MR) is 72.3 cm³/mol. The fourth-order valence-corrected chi connectivity index (χ4v) is 3.39. The maximum Gasteiger partial charge on any atom is 0.103 e. The van der Waals surface area contributed by atoms with Gasteiger partial charge in [0.05, 0.1) is 5.69 Å². The summed E-state index contributed by atoms with van der Waals surface area (Å²) in [4.78, 5) is 4.64. The number of thioether (sulfide) groups is 1. The molecule has 0 saturated heterocycles. The molecule has 1 rings (SSSR count). The molecule has 0 N–H and O–H groups in total. The quantitative estimate of drug-likeness (QED) is 0.580. The third kappa shape index (κ3) is 4.75. The first-order valence-corrected chi connectivity index (χ1v) is 7.69. The van der Waals surface area contributed by atoms with Crippen molar-refractivity contribution in [1.29, 1.82) is 0 Å². The molecule has 0 amide bonds. The molecule has 4 heteroatoms. The second-order valence-corrected chi connectivity index (χ2v) is 6.90. The monoisotopic (exact) mass is 263 g/mol. The number of rotatable bonds is 5. The van der Waals surface area contributed by atoms with E-state index in [-0.39, 0.29) is 5.41 Å². The molecule has 1 aromatic heterocycles. The van der Waals surface area contributed by atoms with Crippen LogP contribution in [-0.2, 0) is 11.2 Å². The number of hydrogen-bond donors (Lipinski definition) is 0. The Morgan fingerprint density at radius 1 is 1.47 bits per heavy atom. The highest BCUT2D eigenvalue weighted by atomic mass is 35.5. The van der Waals surface area contributed by atoms with Crippen molar-refractivity contribution >= 4 is 34.7 Å². The number of thiazole rings is 1. The Bertz CT molecular complexity index is 291. The first-order chi connectivity index (χ1) is 7.04. The van der Waals surface area contributed by atoms with Crippen molar-refractivity contribution in [3.05, 3.63) is 16.1 Å². The van der Waals surface area contributed by atoms with Gasteiger partial charge in [0.2, 0.25) is 0 Å². The number of hydrogen-bond acceptors (Lipinski definition) is 3. The van der Waals surface area contributed by atoms with Crippen molar-refractivity contribution in [3.63, 3.8) is 0 Å². The molecule has 1 aromatic rings. The molecular formula is C11H18ClNS2. The smallest absolute Gasteiger partial charge is 0.103 e. The zero-order valence-electron chi connectivity index (χ0n) is 9.55. The molecule has 0 aliphatic rings. The van der Waals surface area contributed by atoms with E-state index >= 15 is 0 Å². The summed E-state index contributed by atoms with van der Waals surface area (Å²) < 4.78 is 0. The van der Waals surface area contributed by atoms with E-state index in [4.69, 9.17) is 11.6 Å². The molecule has 0 fully saturated rings. The number of alkyl halides is 1. The minimum atomic E-state index is 0.176. The Kier molecular flexibility index (Phi) is 5.44. The van der Waals surface area contributed by atoms with Crippen LogP contribution in [0, 0.1) is 0 Å². The zero-order chi connectivity index (χ0) is 11.3. The maximum absolute atomic E-state index is 5.62. The van der Waals surface area contributed by atoms with E-state index < -0.39 is 0 Å². The Hall–Kier alpha value is 0.270. The Balaban J connectivity index is 2.40. The SMILES string of the molecule is CC(C)(C)c1csc(CSCCCCl)n1. The summed E-state index contributed by atoms with van der Waals surface area (Å²) in [5, 5.41) is 3.41. The first-order valence-electron chi connectivity index (χ1n) is 5.12. The van der Waals surface area contributed by atoms with Crippen molar-refractivity contribution in [2.24, 2.45) is 0 Å². The highest BCUT2D eigenvalue weighted by molar-refractivity contribution is 7.98. The lowest BCUT2D eigenvalue weighted by molar-refractivity contribution is 0.572. The molecule has 1 heterocycles. The van der Waals surface area contributed by atoms with Crippen molar-refractivity contribution in [1.82, 2.24) is 4.98 Å². The van der Waals surface area contributed by atoms with E-state index in [0.29, 0.717) is 0 Å². The van der Waals surface area contributed by atoms with Gasteiger partial charge >= 0.3 is 0 Å². The molecule has 1 nitrogen and oxygen atoms in total. The molecule has 0 saturated carbocycles. The van der Waals surface area contributed by atoms with Crippen LogP contribution in [0.1, 0.15) is 37.9 Å². The predicted octanol–water partition coefficient (Wildman–Crippen LogP) is 4.30. The van der Waals surface area contributed by atoms with Gasteiger partial charge in [-0.1, -0.05) is 20.8 Å². The summed E-state index contributed by atoms with van der Waals surface area (Å²) in [5.74, 6) is 2.92. The van der Waals surface area contributed by atoms with Crippen molar-refractivity contribution in [3.8, 4) is 0 Å². The van der Waals surface area contributed by atoms with Gasteiger partial charge in [-0.15, -0.1) is 22.9 Å². The molecule has 0 atom stereocenters.